The topological polar surface area (TPSA) is 83.9 Å². The Morgan fingerprint density at radius 2 is 1.69 bits per heavy atom. The minimum absolute atomic E-state index is 0.00546. The van der Waals surface area contributed by atoms with E-state index in [0.29, 0.717) is 6.42 Å². The van der Waals surface area contributed by atoms with E-state index in [1.807, 2.05) is 91.1 Å². The van der Waals surface area contributed by atoms with E-state index in [9.17, 15) is 9.90 Å². The summed E-state index contributed by atoms with van der Waals surface area (Å²) in [6.07, 6.45) is 2.54. The smallest absolute Gasteiger partial charge is 0.272 e. The van der Waals surface area contributed by atoms with Gasteiger partial charge in [-0.3, -0.25) is 9.78 Å². The van der Waals surface area contributed by atoms with Gasteiger partial charge in [0.2, 0.25) is 0 Å². The molecule has 236 valence electrons. The van der Waals surface area contributed by atoms with Crippen molar-refractivity contribution in [1.82, 2.24) is 15.2 Å². The molecule has 45 heavy (non-hydrogen) atoms. The molecule has 4 aromatic rings. The number of carbonyl (C=O) groups is 1. The monoisotopic (exact) mass is 667 g/mol. The zero-order valence-electron chi connectivity index (χ0n) is 24.9. The number of ether oxygens (including phenoxy) is 2. The summed E-state index contributed by atoms with van der Waals surface area (Å²) in [7, 11) is 2.10. The number of aliphatic hydroxyl groups excluding tert-OH is 1. The van der Waals surface area contributed by atoms with Gasteiger partial charge in [-0.15, -0.1) is 0 Å². The van der Waals surface area contributed by atoms with Crippen LogP contribution in [0.15, 0.2) is 97.2 Å². The minimum atomic E-state index is -2.02. The molecular weight excluding hydrogens is 633 g/mol. The molecule has 2 N–H and O–H groups in total. The summed E-state index contributed by atoms with van der Waals surface area (Å²) >= 11 is 17.1. The molecule has 1 saturated heterocycles. The molecule has 0 aliphatic carbocycles. The fourth-order valence-corrected chi connectivity index (χ4v) is 5.53. The second-order valence-electron chi connectivity index (χ2n) is 11.2. The van der Waals surface area contributed by atoms with Crippen molar-refractivity contribution in [2.24, 2.45) is 0 Å². The Labute approximate surface area is 279 Å². The maximum Gasteiger partial charge on any atom is 0.272 e. The lowest BCUT2D eigenvalue weighted by molar-refractivity contribution is -0.252. The Hall–Kier alpha value is -3.01. The fraction of sp³-hybridized carbons (Fsp3) is 0.314. The molecule has 1 fully saturated rings. The maximum absolute atomic E-state index is 12.0. The molecule has 5 rings (SSSR count). The Morgan fingerprint density at radius 1 is 0.933 bits per heavy atom. The molecule has 10 heteroatoms. The average molecular weight is 669 g/mol. The molecule has 1 aliphatic rings. The summed E-state index contributed by atoms with van der Waals surface area (Å²) in [6, 6.07) is 29.8. The van der Waals surface area contributed by atoms with Crippen molar-refractivity contribution in [2.75, 3.05) is 20.1 Å². The largest absolute Gasteiger partial charge is 0.392 e. The van der Waals surface area contributed by atoms with Crippen LogP contribution in [0, 0.1) is 0 Å². The zero-order valence-corrected chi connectivity index (χ0v) is 27.2. The van der Waals surface area contributed by atoms with E-state index >= 15 is 0 Å². The van der Waals surface area contributed by atoms with E-state index in [1.54, 1.807) is 0 Å². The standard InChI is InChI=1S/C35H36Cl3N3O4/c1-41(17-15-30-10-2-3-16-39-30)22-31-20-32(26-13-11-24(23-42)12-14-26)45-33(44-31)29-9-5-8-28(19-29)27-7-4-6-25(18-27)21-40-34(43)35(36,37)38/h2-14,16,18-19,31-33,42H,15,17,20-23H2,1H3,(H,40,43)/t31-,32+,33+/m0/s1. The third-order valence-electron chi connectivity index (χ3n) is 7.74. The first-order valence-corrected chi connectivity index (χ1v) is 15.9. The number of likely N-dealkylation sites (N-methyl/N-ethyl adjacent to an activating group) is 1. The number of nitrogens with one attached hydrogen (secondary N) is 1. The van der Waals surface area contributed by atoms with Crippen LogP contribution in [-0.2, 0) is 33.8 Å². The number of amides is 1. The van der Waals surface area contributed by atoms with Crippen LogP contribution < -0.4 is 5.32 Å². The number of aromatic nitrogens is 1. The number of halogens is 3. The van der Waals surface area contributed by atoms with Crippen LogP contribution in [0.4, 0.5) is 0 Å². The van der Waals surface area contributed by atoms with Gasteiger partial charge in [0, 0.05) is 49.9 Å². The summed E-state index contributed by atoms with van der Waals surface area (Å²) in [5.41, 5.74) is 6.68. The van der Waals surface area contributed by atoms with Gasteiger partial charge >= 0.3 is 0 Å². The molecular formula is C35H36Cl3N3O4. The SMILES string of the molecule is CN(CCc1ccccn1)C[C@@H]1C[C@H](c2ccc(CO)cc2)O[C@H](c2cccc(-c3cccc(CNC(=O)C(Cl)(Cl)Cl)c3)c2)O1. The molecule has 7 nitrogen and oxygen atoms in total. The number of rotatable bonds is 11. The molecule has 0 spiro atoms. The Bertz CT molecular complexity index is 1550. The second-order valence-corrected chi connectivity index (χ2v) is 13.5. The third-order valence-corrected chi connectivity index (χ3v) is 8.25. The molecule has 1 aromatic heterocycles. The van der Waals surface area contributed by atoms with Crippen molar-refractivity contribution in [3.63, 3.8) is 0 Å². The van der Waals surface area contributed by atoms with Gasteiger partial charge in [0.25, 0.3) is 9.70 Å². The highest BCUT2D eigenvalue weighted by Crippen LogP contribution is 2.39. The van der Waals surface area contributed by atoms with E-state index in [1.165, 1.54) is 0 Å². The van der Waals surface area contributed by atoms with Crippen molar-refractivity contribution in [3.05, 3.63) is 125 Å². The lowest BCUT2D eigenvalue weighted by atomic mass is 9.98. The van der Waals surface area contributed by atoms with Crippen LogP contribution >= 0.6 is 34.8 Å². The Morgan fingerprint density at radius 3 is 2.40 bits per heavy atom. The number of carbonyl (C=O) groups excluding carboxylic acids is 1. The quantitative estimate of drug-likeness (QED) is 0.169. The summed E-state index contributed by atoms with van der Waals surface area (Å²) in [5.74, 6) is -0.677. The first kappa shape index (κ1) is 33.4. The van der Waals surface area contributed by atoms with Gasteiger partial charge < -0.3 is 24.8 Å². The minimum Gasteiger partial charge on any atom is -0.392 e. The van der Waals surface area contributed by atoms with Gasteiger partial charge in [0.15, 0.2) is 6.29 Å². The number of hydrogen-bond acceptors (Lipinski definition) is 6. The van der Waals surface area contributed by atoms with Gasteiger partial charge in [-0.2, -0.15) is 0 Å². The molecule has 1 aliphatic heterocycles. The van der Waals surface area contributed by atoms with Gasteiger partial charge in [-0.1, -0.05) is 102 Å². The lowest BCUT2D eigenvalue weighted by Crippen LogP contribution is -2.38. The van der Waals surface area contributed by atoms with E-state index < -0.39 is 16.0 Å². The highest BCUT2D eigenvalue weighted by atomic mass is 35.6. The molecule has 2 heterocycles. The molecule has 0 bridgehead atoms. The van der Waals surface area contributed by atoms with Gasteiger partial charge in [-0.05, 0) is 59.1 Å². The van der Waals surface area contributed by atoms with Gasteiger partial charge in [0.05, 0.1) is 18.8 Å². The Balaban J connectivity index is 1.33. The number of benzene rings is 3. The molecule has 3 atom stereocenters. The highest BCUT2D eigenvalue weighted by Gasteiger charge is 2.33. The van der Waals surface area contributed by atoms with Crippen LogP contribution in [0.3, 0.4) is 0 Å². The Kier molecular flexibility index (Phi) is 11.5. The van der Waals surface area contributed by atoms with E-state index in [4.69, 9.17) is 44.3 Å². The fourth-order valence-electron chi connectivity index (χ4n) is 5.33. The van der Waals surface area contributed by atoms with Crippen LogP contribution in [0.5, 0.6) is 0 Å². The molecule has 1 amide bonds. The molecule has 0 saturated carbocycles. The van der Waals surface area contributed by atoms with Crippen LogP contribution in [0.2, 0.25) is 0 Å². The average Bonchev–Trinajstić information content (AvgIpc) is 3.06. The predicted octanol–water partition coefficient (Wildman–Crippen LogP) is 6.95. The third kappa shape index (κ3) is 9.50. The summed E-state index contributed by atoms with van der Waals surface area (Å²) in [4.78, 5) is 18.7. The number of nitrogens with zero attached hydrogens (tertiary/aromatic N) is 2. The number of pyridine rings is 1. The van der Waals surface area contributed by atoms with Crippen LogP contribution in [0.25, 0.3) is 11.1 Å². The molecule has 0 radical (unpaired) electrons. The maximum atomic E-state index is 12.0. The first-order chi connectivity index (χ1) is 21.7. The van der Waals surface area contributed by atoms with Gasteiger partial charge in [0.1, 0.15) is 0 Å². The van der Waals surface area contributed by atoms with Crippen molar-refractivity contribution in [2.45, 2.75) is 48.3 Å². The molecule has 3 aromatic carbocycles. The van der Waals surface area contributed by atoms with Crippen molar-refractivity contribution in [1.29, 1.82) is 0 Å². The lowest BCUT2D eigenvalue weighted by Gasteiger charge is -2.38. The highest BCUT2D eigenvalue weighted by molar-refractivity contribution is 6.76. The number of aliphatic hydroxyl groups is 1. The van der Waals surface area contributed by atoms with Crippen molar-refractivity contribution < 1.29 is 19.4 Å². The summed E-state index contributed by atoms with van der Waals surface area (Å²) in [6.45, 7) is 1.81. The van der Waals surface area contributed by atoms with E-state index in [0.717, 1.165) is 58.6 Å². The zero-order chi connectivity index (χ0) is 31.8. The molecule has 0 unspecified atom stereocenters. The number of hydrogen-bond donors (Lipinski definition) is 2. The van der Waals surface area contributed by atoms with Crippen molar-refractivity contribution in [3.8, 4) is 11.1 Å². The van der Waals surface area contributed by atoms with E-state index in [2.05, 4.69) is 28.3 Å². The predicted molar refractivity (Wildman–Crippen MR) is 178 cm³/mol. The van der Waals surface area contributed by atoms with Crippen LogP contribution in [0.1, 0.15) is 46.8 Å². The first-order valence-electron chi connectivity index (χ1n) is 14.8. The number of alkyl halides is 3. The van der Waals surface area contributed by atoms with Crippen LogP contribution in [-0.4, -0.2) is 50.9 Å². The summed E-state index contributed by atoms with van der Waals surface area (Å²) < 4.78 is 11.2. The van der Waals surface area contributed by atoms with E-state index in [-0.39, 0.29) is 25.4 Å². The normalized spacial score (nSPS) is 18.6. The second kappa shape index (κ2) is 15.5. The van der Waals surface area contributed by atoms with Gasteiger partial charge in [-0.25, -0.2) is 0 Å². The van der Waals surface area contributed by atoms with Crippen molar-refractivity contribution >= 4 is 40.7 Å². The summed E-state index contributed by atoms with van der Waals surface area (Å²) in [5, 5.41) is 12.2.